The van der Waals surface area contributed by atoms with Crippen molar-refractivity contribution in [2.24, 2.45) is 23.2 Å². The number of thiophene rings is 1. The van der Waals surface area contributed by atoms with Crippen molar-refractivity contribution in [1.29, 1.82) is 0 Å². The Morgan fingerprint density at radius 2 is 1.79 bits per heavy atom. The van der Waals surface area contributed by atoms with Crippen molar-refractivity contribution in [3.05, 3.63) is 15.8 Å². The number of hydrogen-bond acceptors (Lipinski definition) is 4. The van der Waals surface area contributed by atoms with Crippen molar-refractivity contribution in [3.8, 4) is 0 Å². The highest BCUT2D eigenvalue weighted by atomic mass is 32.1. The molecule has 1 heterocycles. The standard InChI is InChI=1S/C19H25NO3S/c1-11-10-24-17(18(22)23-2)16(11)20-15(21)9-19-6-12-3-13(7-19)5-14(4-12)8-19/h10,12-14H,3-9H2,1-2H3,(H,20,21). The minimum Gasteiger partial charge on any atom is -0.465 e. The Balaban J connectivity index is 1.48. The second kappa shape index (κ2) is 5.87. The largest absolute Gasteiger partial charge is 0.465 e. The zero-order chi connectivity index (χ0) is 16.9. The molecule has 24 heavy (non-hydrogen) atoms. The molecule has 0 aromatic carbocycles. The molecule has 4 saturated carbocycles. The van der Waals surface area contributed by atoms with E-state index in [4.69, 9.17) is 4.74 Å². The summed E-state index contributed by atoms with van der Waals surface area (Å²) < 4.78 is 4.83. The summed E-state index contributed by atoms with van der Waals surface area (Å²) in [6.45, 7) is 1.92. The smallest absolute Gasteiger partial charge is 0.350 e. The number of carbonyl (C=O) groups excluding carboxylic acids is 2. The van der Waals surface area contributed by atoms with Crippen LogP contribution in [-0.2, 0) is 9.53 Å². The van der Waals surface area contributed by atoms with Gasteiger partial charge in [0.25, 0.3) is 0 Å². The molecule has 1 N–H and O–H groups in total. The summed E-state index contributed by atoms with van der Waals surface area (Å²) in [6.07, 6.45) is 8.42. The first kappa shape index (κ1) is 16.1. The average molecular weight is 347 g/mol. The normalized spacial score (nSPS) is 33.5. The lowest BCUT2D eigenvalue weighted by molar-refractivity contribution is -0.124. The highest BCUT2D eigenvalue weighted by molar-refractivity contribution is 7.12. The number of carbonyl (C=O) groups is 2. The van der Waals surface area contributed by atoms with E-state index in [0.29, 0.717) is 17.0 Å². The van der Waals surface area contributed by atoms with Gasteiger partial charge in [-0.25, -0.2) is 4.79 Å². The third-order valence-corrected chi connectivity index (χ3v) is 7.39. The number of amides is 1. The van der Waals surface area contributed by atoms with Crippen molar-refractivity contribution in [2.75, 3.05) is 12.4 Å². The minimum atomic E-state index is -0.377. The predicted molar refractivity (Wildman–Crippen MR) is 94.2 cm³/mol. The van der Waals surface area contributed by atoms with Crippen molar-refractivity contribution in [1.82, 2.24) is 0 Å². The van der Waals surface area contributed by atoms with Gasteiger partial charge in [-0.15, -0.1) is 11.3 Å². The topological polar surface area (TPSA) is 55.4 Å². The molecule has 1 aromatic heterocycles. The third-order valence-electron chi connectivity index (χ3n) is 6.31. The molecule has 0 aliphatic heterocycles. The summed E-state index contributed by atoms with van der Waals surface area (Å²) in [5.74, 6) is 2.22. The predicted octanol–water partition coefficient (Wildman–Crippen LogP) is 4.39. The van der Waals surface area contributed by atoms with Gasteiger partial charge in [0.1, 0.15) is 4.88 Å². The summed E-state index contributed by atoms with van der Waals surface area (Å²) in [5.41, 5.74) is 1.79. The number of ether oxygens (including phenoxy) is 1. The van der Waals surface area contributed by atoms with Gasteiger partial charge in [-0.2, -0.15) is 0 Å². The third kappa shape index (κ3) is 2.77. The Hall–Kier alpha value is -1.36. The van der Waals surface area contributed by atoms with E-state index in [9.17, 15) is 9.59 Å². The van der Waals surface area contributed by atoms with Gasteiger partial charge in [-0.05, 0) is 79.6 Å². The molecule has 0 radical (unpaired) electrons. The summed E-state index contributed by atoms with van der Waals surface area (Å²) in [7, 11) is 1.37. The SMILES string of the molecule is COC(=O)c1scc(C)c1NC(=O)CC12CC3CC(CC(C3)C1)C2. The summed E-state index contributed by atoms with van der Waals surface area (Å²) >= 11 is 1.33. The monoisotopic (exact) mass is 347 g/mol. The first-order chi connectivity index (χ1) is 11.5. The molecule has 4 fully saturated rings. The van der Waals surface area contributed by atoms with E-state index in [1.54, 1.807) is 0 Å². The van der Waals surface area contributed by atoms with Crippen LogP contribution < -0.4 is 5.32 Å². The molecule has 1 aromatic rings. The molecule has 0 saturated heterocycles. The van der Waals surface area contributed by atoms with Crippen LogP contribution in [-0.4, -0.2) is 19.0 Å². The van der Waals surface area contributed by atoms with Crippen LogP contribution in [0.5, 0.6) is 0 Å². The molecule has 4 aliphatic carbocycles. The molecular weight excluding hydrogens is 322 g/mol. The van der Waals surface area contributed by atoms with Crippen LogP contribution >= 0.6 is 11.3 Å². The van der Waals surface area contributed by atoms with E-state index < -0.39 is 0 Å². The zero-order valence-electron chi connectivity index (χ0n) is 14.4. The highest BCUT2D eigenvalue weighted by Crippen LogP contribution is 2.61. The van der Waals surface area contributed by atoms with Crippen LogP contribution in [0.4, 0.5) is 5.69 Å². The molecular formula is C19H25NO3S. The van der Waals surface area contributed by atoms with E-state index in [2.05, 4.69) is 5.32 Å². The zero-order valence-corrected chi connectivity index (χ0v) is 15.2. The van der Waals surface area contributed by atoms with Gasteiger partial charge in [0, 0.05) is 6.42 Å². The van der Waals surface area contributed by atoms with Crippen molar-refractivity contribution in [2.45, 2.75) is 51.9 Å². The molecule has 0 spiro atoms. The first-order valence-corrected chi connectivity index (χ1v) is 9.82. The van der Waals surface area contributed by atoms with E-state index in [-0.39, 0.29) is 17.3 Å². The van der Waals surface area contributed by atoms with Gasteiger partial charge in [-0.3, -0.25) is 4.79 Å². The molecule has 4 nitrogen and oxygen atoms in total. The van der Waals surface area contributed by atoms with E-state index in [1.165, 1.54) is 57.0 Å². The van der Waals surface area contributed by atoms with Crippen LogP contribution in [0.15, 0.2) is 5.38 Å². The van der Waals surface area contributed by atoms with Crippen molar-refractivity contribution < 1.29 is 14.3 Å². The maximum absolute atomic E-state index is 12.8. The quantitative estimate of drug-likeness (QED) is 0.822. The maximum atomic E-state index is 12.8. The molecule has 1 amide bonds. The lowest BCUT2D eigenvalue weighted by Gasteiger charge is -2.56. The van der Waals surface area contributed by atoms with Crippen LogP contribution in [0.3, 0.4) is 0 Å². The van der Waals surface area contributed by atoms with Gasteiger partial charge < -0.3 is 10.1 Å². The second-order valence-corrected chi connectivity index (χ2v) is 9.14. The fourth-order valence-corrected chi connectivity index (χ4v) is 6.80. The van der Waals surface area contributed by atoms with Crippen molar-refractivity contribution in [3.63, 3.8) is 0 Å². The van der Waals surface area contributed by atoms with Gasteiger partial charge in [-0.1, -0.05) is 0 Å². The van der Waals surface area contributed by atoms with Gasteiger partial charge in [0.2, 0.25) is 5.91 Å². The highest BCUT2D eigenvalue weighted by Gasteiger charge is 2.51. The van der Waals surface area contributed by atoms with E-state index >= 15 is 0 Å². The summed E-state index contributed by atoms with van der Waals surface area (Å²) in [6, 6.07) is 0. The van der Waals surface area contributed by atoms with E-state index in [0.717, 1.165) is 23.3 Å². The van der Waals surface area contributed by atoms with Gasteiger partial charge in [0.05, 0.1) is 12.8 Å². The fourth-order valence-electron chi connectivity index (χ4n) is 5.87. The van der Waals surface area contributed by atoms with Crippen molar-refractivity contribution >= 4 is 28.9 Å². The Labute approximate surface area is 147 Å². The van der Waals surface area contributed by atoms with Crippen LogP contribution in [0.25, 0.3) is 0 Å². The molecule has 0 atom stereocenters. The molecule has 4 bridgehead atoms. The number of nitrogens with one attached hydrogen (secondary N) is 1. The average Bonchev–Trinajstić information content (AvgIpc) is 2.85. The van der Waals surface area contributed by atoms with Gasteiger partial charge in [0.15, 0.2) is 0 Å². The first-order valence-electron chi connectivity index (χ1n) is 8.94. The number of esters is 1. The number of hydrogen-bond donors (Lipinski definition) is 1. The molecule has 5 heteroatoms. The van der Waals surface area contributed by atoms with Crippen LogP contribution in [0.1, 0.15) is 60.2 Å². The minimum absolute atomic E-state index is 0.0589. The lowest BCUT2D eigenvalue weighted by atomic mass is 9.49. The lowest BCUT2D eigenvalue weighted by Crippen LogP contribution is -2.47. The fraction of sp³-hybridized carbons (Fsp3) is 0.684. The van der Waals surface area contributed by atoms with E-state index in [1.807, 2.05) is 12.3 Å². The molecule has 4 aliphatic rings. The number of aryl methyl sites for hydroxylation is 1. The number of anilines is 1. The molecule has 130 valence electrons. The Morgan fingerprint density at radius 1 is 1.21 bits per heavy atom. The Bertz CT molecular complexity index is 643. The van der Waals surface area contributed by atoms with Crippen LogP contribution in [0.2, 0.25) is 0 Å². The Morgan fingerprint density at radius 3 is 2.33 bits per heavy atom. The Kier molecular flexibility index (Phi) is 3.94. The summed E-state index contributed by atoms with van der Waals surface area (Å²) in [4.78, 5) is 25.1. The second-order valence-electron chi connectivity index (χ2n) is 8.26. The van der Waals surface area contributed by atoms with Gasteiger partial charge >= 0.3 is 5.97 Å². The number of methoxy groups -OCH3 is 1. The maximum Gasteiger partial charge on any atom is 0.350 e. The molecule has 0 unspecified atom stereocenters. The summed E-state index contributed by atoms with van der Waals surface area (Å²) in [5, 5.41) is 4.92. The number of rotatable bonds is 4. The van der Waals surface area contributed by atoms with Crippen LogP contribution in [0, 0.1) is 30.1 Å². The molecule has 5 rings (SSSR count).